The van der Waals surface area contributed by atoms with Crippen LogP contribution in [0, 0.1) is 11.3 Å². The number of benzene rings is 1. The van der Waals surface area contributed by atoms with E-state index in [1.165, 1.54) is 12.5 Å². The predicted molar refractivity (Wildman–Crippen MR) is 89.0 cm³/mol. The summed E-state index contributed by atoms with van der Waals surface area (Å²) in [5.41, 5.74) is 1.16. The molecule has 1 aromatic carbocycles. The number of nitriles is 1. The molecule has 1 amide bonds. The Hall–Kier alpha value is -3.20. The van der Waals surface area contributed by atoms with Crippen LogP contribution in [0.1, 0.15) is 11.3 Å². The molecule has 1 heterocycles. The Balaban J connectivity index is 1.77. The summed E-state index contributed by atoms with van der Waals surface area (Å²) in [7, 11) is 1.63. The summed E-state index contributed by atoms with van der Waals surface area (Å²) in [5, 5.41) is 14.7. The van der Waals surface area contributed by atoms with Gasteiger partial charge in [-0.2, -0.15) is 5.26 Å². The number of carbonyl (C=O) groups excluding carboxylic acids is 1. The maximum absolute atomic E-state index is 11.9. The molecule has 0 saturated carbocycles. The lowest BCUT2D eigenvalue weighted by Gasteiger charge is -2.05. The summed E-state index contributed by atoms with van der Waals surface area (Å²) >= 11 is 0. The fourth-order valence-electron chi connectivity index (χ4n) is 2.01. The quantitative estimate of drug-likeness (QED) is 0.441. The minimum Gasteiger partial charge on any atom is -0.497 e. The molecule has 1 aromatic heterocycles. The molecule has 24 heavy (non-hydrogen) atoms. The second-order valence-corrected chi connectivity index (χ2v) is 4.98. The Labute approximate surface area is 140 Å². The predicted octanol–water partition coefficient (Wildman–Crippen LogP) is 2.14. The summed E-state index contributed by atoms with van der Waals surface area (Å²) in [6, 6.07) is 13.1. The van der Waals surface area contributed by atoms with E-state index in [9.17, 15) is 4.79 Å². The molecule has 0 aliphatic heterocycles. The van der Waals surface area contributed by atoms with Gasteiger partial charge in [0.1, 0.15) is 23.2 Å². The van der Waals surface area contributed by atoms with Crippen LogP contribution in [0.5, 0.6) is 5.75 Å². The van der Waals surface area contributed by atoms with E-state index in [1.54, 1.807) is 19.2 Å². The fourth-order valence-corrected chi connectivity index (χ4v) is 2.01. The number of rotatable bonds is 8. The van der Waals surface area contributed by atoms with Crippen LogP contribution in [0.3, 0.4) is 0 Å². The summed E-state index contributed by atoms with van der Waals surface area (Å²) in [6.45, 7) is 0.861. The topological polar surface area (TPSA) is 87.3 Å². The molecule has 0 spiro atoms. The third kappa shape index (κ3) is 5.21. The van der Waals surface area contributed by atoms with Crippen molar-refractivity contribution in [1.82, 2.24) is 10.6 Å². The Morgan fingerprint density at radius 1 is 1.33 bits per heavy atom. The smallest absolute Gasteiger partial charge is 0.263 e. The second kappa shape index (κ2) is 9.06. The first-order chi connectivity index (χ1) is 11.7. The SMILES string of the molecule is COc1ccc(CCN/C=C(/C#N)C(=O)NCc2ccco2)cc1. The van der Waals surface area contributed by atoms with E-state index in [-0.39, 0.29) is 12.1 Å². The fraction of sp³-hybridized carbons (Fsp3) is 0.222. The number of ether oxygens (including phenoxy) is 1. The first-order valence-corrected chi connectivity index (χ1v) is 7.50. The first kappa shape index (κ1) is 17.2. The van der Waals surface area contributed by atoms with Gasteiger partial charge in [0, 0.05) is 12.7 Å². The lowest BCUT2D eigenvalue weighted by Crippen LogP contribution is -2.25. The van der Waals surface area contributed by atoms with E-state index in [4.69, 9.17) is 14.4 Å². The van der Waals surface area contributed by atoms with Crippen LogP contribution in [0.2, 0.25) is 0 Å². The van der Waals surface area contributed by atoms with Gasteiger partial charge in [0.05, 0.1) is 19.9 Å². The van der Waals surface area contributed by atoms with Crippen LogP contribution in [0.4, 0.5) is 0 Å². The maximum Gasteiger partial charge on any atom is 0.263 e. The van der Waals surface area contributed by atoms with Crippen molar-refractivity contribution >= 4 is 5.91 Å². The zero-order chi connectivity index (χ0) is 17.2. The zero-order valence-electron chi connectivity index (χ0n) is 13.4. The number of furan rings is 1. The van der Waals surface area contributed by atoms with Gasteiger partial charge < -0.3 is 19.8 Å². The van der Waals surface area contributed by atoms with Gasteiger partial charge in [-0.25, -0.2) is 0 Å². The Bertz CT molecular complexity index is 713. The molecule has 0 unspecified atom stereocenters. The molecule has 0 atom stereocenters. The second-order valence-electron chi connectivity index (χ2n) is 4.98. The number of methoxy groups -OCH3 is 1. The number of hydrogen-bond acceptors (Lipinski definition) is 5. The molecule has 124 valence electrons. The van der Waals surface area contributed by atoms with Gasteiger partial charge in [-0.3, -0.25) is 4.79 Å². The number of nitrogens with zero attached hydrogens (tertiary/aromatic N) is 1. The molecule has 2 aromatic rings. The molecule has 6 heteroatoms. The van der Waals surface area contributed by atoms with Crippen molar-refractivity contribution in [3.05, 3.63) is 65.8 Å². The Morgan fingerprint density at radius 3 is 2.75 bits per heavy atom. The third-order valence-corrected chi connectivity index (χ3v) is 3.33. The Morgan fingerprint density at radius 2 is 2.12 bits per heavy atom. The molecule has 0 bridgehead atoms. The zero-order valence-corrected chi connectivity index (χ0v) is 13.4. The molecular weight excluding hydrogens is 306 g/mol. The first-order valence-electron chi connectivity index (χ1n) is 7.50. The van der Waals surface area contributed by atoms with Gasteiger partial charge in [-0.15, -0.1) is 0 Å². The van der Waals surface area contributed by atoms with Crippen LogP contribution >= 0.6 is 0 Å². The van der Waals surface area contributed by atoms with Crippen LogP contribution in [-0.4, -0.2) is 19.6 Å². The van der Waals surface area contributed by atoms with Gasteiger partial charge in [0.15, 0.2) is 0 Å². The summed E-state index contributed by atoms with van der Waals surface area (Å²) in [5.74, 6) is 1.01. The molecule has 0 radical (unpaired) electrons. The molecule has 0 fully saturated rings. The van der Waals surface area contributed by atoms with Gasteiger partial charge in [0.2, 0.25) is 0 Å². The van der Waals surface area contributed by atoms with E-state index in [0.29, 0.717) is 12.3 Å². The molecular formula is C18H19N3O3. The van der Waals surface area contributed by atoms with E-state index < -0.39 is 5.91 Å². The van der Waals surface area contributed by atoms with Crippen molar-refractivity contribution in [2.24, 2.45) is 0 Å². The minimum atomic E-state index is -0.439. The van der Waals surface area contributed by atoms with E-state index in [1.807, 2.05) is 30.3 Å². The molecule has 0 saturated heterocycles. The summed E-state index contributed by atoms with van der Waals surface area (Å²) < 4.78 is 10.2. The lowest BCUT2D eigenvalue weighted by atomic mass is 10.1. The molecule has 2 N–H and O–H groups in total. The van der Waals surface area contributed by atoms with Crippen molar-refractivity contribution in [1.29, 1.82) is 5.26 Å². The highest BCUT2D eigenvalue weighted by atomic mass is 16.5. The standard InChI is InChI=1S/C18H19N3O3/c1-23-16-6-4-14(5-7-16)8-9-20-12-15(11-19)18(22)21-13-17-3-2-10-24-17/h2-7,10,12,20H,8-9,13H2,1H3,(H,21,22)/b15-12-. The number of amides is 1. The van der Waals surface area contributed by atoms with E-state index in [2.05, 4.69) is 10.6 Å². The van der Waals surface area contributed by atoms with Crippen molar-refractivity contribution in [3.8, 4) is 11.8 Å². The largest absolute Gasteiger partial charge is 0.497 e. The monoisotopic (exact) mass is 325 g/mol. The van der Waals surface area contributed by atoms with Gasteiger partial charge >= 0.3 is 0 Å². The van der Waals surface area contributed by atoms with Crippen molar-refractivity contribution in [2.45, 2.75) is 13.0 Å². The van der Waals surface area contributed by atoms with Crippen molar-refractivity contribution in [2.75, 3.05) is 13.7 Å². The minimum absolute atomic E-state index is 0.0243. The third-order valence-electron chi connectivity index (χ3n) is 3.33. The number of hydrogen-bond donors (Lipinski definition) is 2. The molecule has 0 aliphatic carbocycles. The highest BCUT2D eigenvalue weighted by molar-refractivity contribution is 5.97. The van der Waals surface area contributed by atoms with Crippen molar-refractivity contribution < 1.29 is 13.9 Å². The van der Waals surface area contributed by atoms with Crippen LogP contribution < -0.4 is 15.4 Å². The molecule has 2 rings (SSSR count). The van der Waals surface area contributed by atoms with Crippen LogP contribution in [-0.2, 0) is 17.8 Å². The maximum atomic E-state index is 11.9. The van der Waals surface area contributed by atoms with Crippen LogP contribution in [0.25, 0.3) is 0 Å². The average Bonchev–Trinajstić information content (AvgIpc) is 3.14. The lowest BCUT2D eigenvalue weighted by molar-refractivity contribution is -0.117. The summed E-state index contributed by atoms with van der Waals surface area (Å²) in [4.78, 5) is 11.9. The van der Waals surface area contributed by atoms with Gasteiger partial charge in [0.25, 0.3) is 5.91 Å². The number of carbonyl (C=O) groups is 1. The molecule has 6 nitrogen and oxygen atoms in total. The van der Waals surface area contributed by atoms with Gasteiger partial charge in [-0.1, -0.05) is 12.1 Å². The van der Waals surface area contributed by atoms with Gasteiger partial charge in [-0.05, 0) is 36.2 Å². The highest BCUT2D eigenvalue weighted by Gasteiger charge is 2.08. The van der Waals surface area contributed by atoms with Crippen LogP contribution in [0.15, 0.2) is 58.9 Å². The normalized spacial score (nSPS) is 10.8. The average molecular weight is 325 g/mol. The van der Waals surface area contributed by atoms with E-state index >= 15 is 0 Å². The number of nitrogens with one attached hydrogen (secondary N) is 2. The highest BCUT2D eigenvalue weighted by Crippen LogP contribution is 2.11. The summed E-state index contributed by atoms with van der Waals surface area (Å²) in [6.07, 6.45) is 3.73. The molecule has 0 aliphatic rings. The van der Waals surface area contributed by atoms with Crippen molar-refractivity contribution in [3.63, 3.8) is 0 Å². The Kier molecular flexibility index (Phi) is 6.47. The van der Waals surface area contributed by atoms with E-state index in [0.717, 1.165) is 17.7 Å².